The van der Waals surface area contributed by atoms with E-state index in [1.165, 1.54) is 0 Å². The minimum absolute atomic E-state index is 0.284. The van der Waals surface area contributed by atoms with Crippen LogP contribution in [-0.4, -0.2) is 36.9 Å². The second kappa shape index (κ2) is 5.23. The van der Waals surface area contributed by atoms with Gasteiger partial charge in [-0.05, 0) is 30.9 Å². The van der Waals surface area contributed by atoms with Crippen molar-refractivity contribution in [2.24, 2.45) is 5.92 Å². The number of nitrogens with zero attached hydrogens (tertiary/aromatic N) is 2. The Morgan fingerprint density at radius 2 is 2.18 bits per heavy atom. The highest BCUT2D eigenvalue weighted by Gasteiger charge is 2.20. The van der Waals surface area contributed by atoms with Gasteiger partial charge in [-0.1, -0.05) is 0 Å². The second-order valence-corrected chi connectivity index (χ2v) is 4.38. The van der Waals surface area contributed by atoms with E-state index in [2.05, 4.69) is 9.88 Å². The molecule has 3 N–H and O–H groups in total. The lowest BCUT2D eigenvalue weighted by molar-refractivity contribution is 0.202. The van der Waals surface area contributed by atoms with Gasteiger partial charge in [0.05, 0.1) is 12.8 Å². The van der Waals surface area contributed by atoms with Gasteiger partial charge < -0.3 is 20.5 Å². The summed E-state index contributed by atoms with van der Waals surface area (Å²) in [5.74, 6) is 1.81. The van der Waals surface area contributed by atoms with E-state index in [0.29, 0.717) is 17.5 Å². The van der Waals surface area contributed by atoms with Gasteiger partial charge in [0.1, 0.15) is 5.82 Å². The molecule has 2 rings (SSSR count). The Labute approximate surface area is 101 Å². The first-order chi connectivity index (χ1) is 8.24. The van der Waals surface area contributed by atoms with Crippen LogP contribution in [0.4, 0.5) is 11.5 Å². The molecule has 2 heterocycles. The number of ether oxygens (including phenoxy) is 1. The molecule has 5 nitrogen and oxygen atoms in total. The molecule has 1 aliphatic rings. The summed E-state index contributed by atoms with van der Waals surface area (Å²) in [4.78, 5) is 6.58. The van der Waals surface area contributed by atoms with Gasteiger partial charge in [0.2, 0.25) is 5.88 Å². The number of rotatable bonds is 3. The Hall–Kier alpha value is -1.49. The first-order valence-electron chi connectivity index (χ1n) is 5.91. The van der Waals surface area contributed by atoms with Crippen LogP contribution in [0.1, 0.15) is 12.8 Å². The standard InChI is InChI=1S/C12H19N3O2/c1-17-12-10(13)2-3-11(14-12)15-6-4-9(8-16)5-7-15/h2-3,9,16H,4-8,13H2,1H3. The molecule has 1 aromatic heterocycles. The Kier molecular flexibility index (Phi) is 3.68. The fraction of sp³-hybridized carbons (Fsp3) is 0.583. The molecule has 0 atom stereocenters. The predicted octanol–water partition coefficient (Wildman–Crippen LogP) is 0.881. The van der Waals surface area contributed by atoms with Crippen molar-refractivity contribution in [1.29, 1.82) is 0 Å². The van der Waals surface area contributed by atoms with Crippen molar-refractivity contribution < 1.29 is 9.84 Å². The Morgan fingerprint density at radius 3 is 2.76 bits per heavy atom. The summed E-state index contributed by atoms with van der Waals surface area (Å²) in [6.07, 6.45) is 2.01. The summed E-state index contributed by atoms with van der Waals surface area (Å²) >= 11 is 0. The third-order valence-corrected chi connectivity index (χ3v) is 3.27. The molecule has 0 aliphatic carbocycles. The van der Waals surface area contributed by atoms with E-state index in [4.69, 9.17) is 15.6 Å². The number of aliphatic hydroxyl groups is 1. The SMILES string of the molecule is COc1nc(N2CCC(CO)CC2)ccc1N. The van der Waals surface area contributed by atoms with Gasteiger partial charge in [0.15, 0.2) is 0 Å². The van der Waals surface area contributed by atoms with E-state index >= 15 is 0 Å². The first-order valence-corrected chi connectivity index (χ1v) is 5.91. The zero-order valence-corrected chi connectivity index (χ0v) is 10.1. The lowest BCUT2D eigenvalue weighted by Crippen LogP contribution is -2.35. The molecule has 0 saturated carbocycles. The third-order valence-electron chi connectivity index (χ3n) is 3.27. The maximum atomic E-state index is 9.10. The lowest BCUT2D eigenvalue weighted by atomic mass is 9.98. The van der Waals surface area contributed by atoms with Crippen LogP contribution in [0, 0.1) is 5.92 Å². The molecule has 0 spiro atoms. The first kappa shape index (κ1) is 12.0. The van der Waals surface area contributed by atoms with E-state index < -0.39 is 0 Å². The van der Waals surface area contributed by atoms with Crippen molar-refractivity contribution in [3.8, 4) is 5.88 Å². The molecule has 1 aliphatic heterocycles. The van der Waals surface area contributed by atoms with E-state index in [9.17, 15) is 0 Å². The maximum Gasteiger partial charge on any atom is 0.238 e. The van der Waals surface area contributed by atoms with Gasteiger partial charge in [0, 0.05) is 19.7 Å². The van der Waals surface area contributed by atoms with Crippen LogP contribution in [0.3, 0.4) is 0 Å². The number of nitrogens with two attached hydrogens (primary N) is 1. The number of methoxy groups -OCH3 is 1. The number of piperidine rings is 1. The van der Waals surface area contributed by atoms with Crippen LogP contribution < -0.4 is 15.4 Å². The second-order valence-electron chi connectivity index (χ2n) is 4.38. The molecule has 1 fully saturated rings. The molecular weight excluding hydrogens is 218 g/mol. The molecule has 1 aromatic rings. The molecule has 0 amide bonds. The number of anilines is 2. The summed E-state index contributed by atoms with van der Waals surface area (Å²) in [6, 6.07) is 3.73. The normalized spacial score (nSPS) is 17.2. The summed E-state index contributed by atoms with van der Waals surface area (Å²) in [6.45, 7) is 2.13. The van der Waals surface area contributed by atoms with Crippen molar-refractivity contribution >= 4 is 11.5 Å². The zero-order chi connectivity index (χ0) is 12.3. The van der Waals surface area contributed by atoms with E-state index in [1.807, 2.05) is 12.1 Å². The highest BCUT2D eigenvalue weighted by molar-refractivity contribution is 5.54. The fourth-order valence-electron chi connectivity index (χ4n) is 2.13. The smallest absolute Gasteiger partial charge is 0.238 e. The highest BCUT2D eigenvalue weighted by Crippen LogP contribution is 2.26. The third kappa shape index (κ3) is 2.61. The summed E-state index contributed by atoms with van der Waals surface area (Å²) in [5.41, 5.74) is 6.29. The van der Waals surface area contributed by atoms with Gasteiger partial charge in [0.25, 0.3) is 0 Å². The van der Waals surface area contributed by atoms with Crippen LogP contribution in [0.2, 0.25) is 0 Å². The highest BCUT2D eigenvalue weighted by atomic mass is 16.5. The molecule has 5 heteroatoms. The summed E-state index contributed by atoms with van der Waals surface area (Å²) in [7, 11) is 1.57. The van der Waals surface area contributed by atoms with E-state index in [1.54, 1.807) is 7.11 Å². The number of pyridine rings is 1. The molecule has 1 saturated heterocycles. The van der Waals surface area contributed by atoms with Crippen molar-refractivity contribution in [2.75, 3.05) is 37.4 Å². The quantitative estimate of drug-likeness (QED) is 0.816. The number of aromatic nitrogens is 1. The number of nitrogen functional groups attached to an aromatic ring is 1. The van der Waals surface area contributed by atoms with Crippen molar-refractivity contribution in [1.82, 2.24) is 4.98 Å². The molecular formula is C12H19N3O2. The van der Waals surface area contributed by atoms with Gasteiger partial charge in [-0.3, -0.25) is 0 Å². The van der Waals surface area contributed by atoms with E-state index in [-0.39, 0.29) is 6.61 Å². The minimum Gasteiger partial charge on any atom is -0.479 e. The van der Waals surface area contributed by atoms with Gasteiger partial charge >= 0.3 is 0 Å². The molecule has 0 aromatic carbocycles. The van der Waals surface area contributed by atoms with Gasteiger partial charge in [-0.2, -0.15) is 4.98 Å². The number of hydrogen-bond donors (Lipinski definition) is 2. The van der Waals surface area contributed by atoms with Crippen LogP contribution in [0.25, 0.3) is 0 Å². The average molecular weight is 237 g/mol. The number of aliphatic hydroxyl groups excluding tert-OH is 1. The zero-order valence-electron chi connectivity index (χ0n) is 10.1. The van der Waals surface area contributed by atoms with Gasteiger partial charge in [-0.15, -0.1) is 0 Å². The summed E-state index contributed by atoms with van der Waals surface area (Å²) in [5, 5.41) is 9.10. The monoisotopic (exact) mass is 237 g/mol. The Morgan fingerprint density at radius 1 is 1.47 bits per heavy atom. The lowest BCUT2D eigenvalue weighted by Gasteiger charge is -2.32. The largest absolute Gasteiger partial charge is 0.479 e. The fourth-order valence-corrected chi connectivity index (χ4v) is 2.13. The molecule has 94 valence electrons. The van der Waals surface area contributed by atoms with Gasteiger partial charge in [-0.25, -0.2) is 0 Å². The van der Waals surface area contributed by atoms with E-state index in [0.717, 1.165) is 31.7 Å². The average Bonchev–Trinajstić information content (AvgIpc) is 2.39. The minimum atomic E-state index is 0.284. The van der Waals surface area contributed by atoms with Crippen LogP contribution in [-0.2, 0) is 0 Å². The van der Waals surface area contributed by atoms with Crippen LogP contribution in [0.5, 0.6) is 5.88 Å². The van der Waals surface area contributed by atoms with Crippen LogP contribution >= 0.6 is 0 Å². The number of hydrogen-bond acceptors (Lipinski definition) is 5. The molecule has 0 radical (unpaired) electrons. The van der Waals surface area contributed by atoms with Crippen molar-refractivity contribution in [3.63, 3.8) is 0 Å². The predicted molar refractivity (Wildman–Crippen MR) is 67.2 cm³/mol. The maximum absolute atomic E-state index is 9.10. The molecule has 0 unspecified atom stereocenters. The molecule has 0 bridgehead atoms. The molecule has 17 heavy (non-hydrogen) atoms. The van der Waals surface area contributed by atoms with Crippen molar-refractivity contribution in [3.05, 3.63) is 12.1 Å². The topological polar surface area (TPSA) is 71.6 Å². The summed E-state index contributed by atoms with van der Waals surface area (Å²) < 4.78 is 5.12. The Bertz CT molecular complexity index is 376. The van der Waals surface area contributed by atoms with Crippen molar-refractivity contribution in [2.45, 2.75) is 12.8 Å². The van der Waals surface area contributed by atoms with Crippen LogP contribution in [0.15, 0.2) is 12.1 Å². The Balaban J connectivity index is 2.08.